The first-order chi connectivity index (χ1) is 10.1. The zero-order valence-electron chi connectivity index (χ0n) is 13.1. The molecule has 1 aromatic carbocycles. The minimum atomic E-state index is -0.131. The SMILES string of the molecule is Cc1cccc(C)c1NC(=O)CCCN1CCC(O)CC1. The van der Waals surface area contributed by atoms with Crippen LogP contribution in [0.25, 0.3) is 0 Å². The molecular formula is C17H26N2O2. The maximum absolute atomic E-state index is 12.0. The molecule has 2 rings (SSSR count). The fourth-order valence-corrected chi connectivity index (χ4v) is 2.82. The lowest BCUT2D eigenvalue weighted by atomic mass is 10.1. The quantitative estimate of drug-likeness (QED) is 0.876. The van der Waals surface area contributed by atoms with E-state index in [4.69, 9.17) is 0 Å². The van der Waals surface area contributed by atoms with Gasteiger partial charge in [0, 0.05) is 25.2 Å². The number of rotatable bonds is 5. The lowest BCUT2D eigenvalue weighted by Crippen LogP contribution is -2.36. The second-order valence-electron chi connectivity index (χ2n) is 5.99. The Kier molecular flexibility index (Phi) is 5.76. The molecule has 1 fully saturated rings. The molecule has 4 nitrogen and oxygen atoms in total. The number of piperidine rings is 1. The number of carbonyl (C=O) groups is 1. The summed E-state index contributed by atoms with van der Waals surface area (Å²) in [6, 6.07) is 6.04. The first-order valence-electron chi connectivity index (χ1n) is 7.83. The van der Waals surface area contributed by atoms with E-state index in [-0.39, 0.29) is 12.0 Å². The lowest BCUT2D eigenvalue weighted by molar-refractivity contribution is -0.116. The van der Waals surface area contributed by atoms with Gasteiger partial charge >= 0.3 is 0 Å². The number of aryl methyl sites for hydroxylation is 2. The topological polar surface area (TPSA) is 52.6 Å². The zero-order valence-corrected chi connectivity index (χ0v) is 13.1. The van der Waals surface area contributed by atoms with Crippen molar-refractivity contribution < 1.29 is 9.90 Å². The van der Waals surface area contributed by atoms with Crippen LogP contribution < -0.4 is 5.32 Å². The molecule has 1 aliphatic rings. The number of anilines is 1. The fourth-order valence-electron chi connectivity index (χ4n) is 2.82. The molecule has 0 aromatic heterocycles. The molecule has 0 saturated carbocycles. The second-order valence-corrected chi connectivity index (χ2v) is 5.99. The molecule has 0 atom stereocenters. The molecule has 116 valence electrons. The van der Waals surface area contributed by atoms with Crippen LogP contribution in [-0.2, 0) is 4.79 Å². The Hall–Kier alpha value is -1.39. The maximum atomic E-state index is 12.0. The predicted molar refractivity (Wildman–Crippen MR) is 85.5 cm³/mol. The first-order valence-corrected chi connectivity index (χ1v) is 7.83. The van der Waals surface area contributed by atoms with Gasteiger partial charge in [-0.2, -0.15) is 0 Å². The number of benzene rings is 1. The molecule has 1 saturated heterocycles. The molecule has 0 bridgehead atoms. The van der Waals surface area contributed by atoms with Crippen LogP contribution in [0.3, 0.4) is 0 Å². The Bertz CT molecular complexity index is 459. The number of aliphatic hydroxyl groups is 1. The van der Waals surface area contributed by atoms with Gasteiger partial charge in [0.2, 0.25) is 5.91 Å². The molecule has 1 aromatic rings. The van der Waals surface area contributed by atoms with E-state index >= 15 is 0 Å². The summed E-state index contributed by atoms with van der Waals surface area (Å²) in [4.78, 5) is 14.4. The first kappa shape index (κ1) is 16.0. The van der Waals surface area contributed by atoms with Crippen LogP contribution in [0.15, 0.2) is 18.2 Å². The van der Waals surface area contributed by atoms with Crippen molar-refractivity contribution in [1.82, 2.24) is 4.90 Å². The molecule has 1 aliphatic heterocycles. The fraction of sp³-hybridized carbons (Fsp3) is 0.588. The van der Waals surface area contributed by atoms with Crippen LogP contribution in [0.2, 0.25) is 0 Å². The summed E-state index contributed by atoms with van der Waals surface area (Å²) in [5.41, 5.74) is 3.16. The molecule has 1 amide bonds. The highest BCUT2D eigenvalue weighted by molar-refractivity contribution is 5.92. The van der Waals surface area contributed by atoms with Crippen LogP contribution in [0.4, 0.5) is 5.69 Å². The highest BCUT2D eigenvalue weighted by Gasteiger charge is 2.16. The molecule has 2 N–H and O–H groups in total. The van der Waals surface area contributed by atoms with E-state index in [2.05, 4.69) is 10.2 Å². The summed E-state index contributed by atoms with van der Waals surface area (Å²) < 4.78 is 0. The summed E-state index contributed by atoms with van der Waals surface area (Å²) in [7, 11) is 0. The predicted octanol–water partition coefficient (Wildman–Crippen LogP) is 2.48. The Morgan fingerprint density at radius 3 is 2.52 bits per heavy atom. The summed E-state index contributed by atoms with van der Waals surface area (Å²) >= 11 is 0. The van der Waals surface area contributed by atoms with Crippen molar-refractivity contribution in [2.45, 2.75) is 45.6 Å². The third-order valence-electron chi connectivity index (χ3n) is 4.18. The molecule has 4 heteroatoms. The van der Waals surface area contributed by atoms with Gasteiger partial charge < -0.3 is 15.3 Å². The number of likely N-dealkylation sites (tertiary alicyclic amines) is 1. The van der Waals surface area contributed by atoms with Gasteiger partial charge in [0.05, 0.1) is 6.10 Å². The molecule has 0 unspecified atom stereocenters. The van der Waals surface area contributed by atoms with Gasteiger partial charge in [0.1, 0.15) is 0 Å². The number of hydrogen-bond acceptors (Lipinski definition) is 3. The molecule has 0 spiro atoms. The van der Waals surface area contributed by atoms with E-state index < -0.39 is 0 Å². The highest BCUT2D eigenvalue weighted by atomic mass is 16.3. The van der Waals surface area contributed by atoms with Crippen molar-refractivity contribution in [3.05, 3.63) is 29.3 Å². The monoisotopic (exact) mass is 290 g/mol. The normalized spacial score (nSPS) is 16.9. The highest BCUT2D eigenvalue weighted by Crippen LogP contribution is 2.19. The van der Waals surface area contributed by atoms with Gasteiger partial charge in [-0.3, -0.25) is 4.79 Å². The smallest absolute Gasteiger partial charge is 0.224 e. The molecule has 21 heavy (non-hydrogen) atoms. The number of carbonyl (C=O) groups excluding carboxylic acids is 1. The van der Waals surface area contributed by atoms with Gasteiger partial charge in [-0.25, -0.2) is 0 Å². The van der Waals surface area contributed by atoms with E-state index in [0.717, 1.165) is 55.7 Å². The molecule has 1 heterocycles. The van der Waals surface area contributed by atoms with E-state index in [1.165, 1.54) is 0 Å². The summed E-state index contributed by atoms with van der Waals surface area (Å²) in [5, 5.41) is 12.5. The minimum absolute atomic E-state index is 0.0874. The van der Waals surface area contributed by atoms with Gasteiger partial charge in [-0.1, -0.05) is 18.2 Å². The number of para-hydroxylation sites is 1. The van der Waals surface area contributed by atoms with Crippen molar-refractivity contribution in [1.29, 1.82) is 0 Å². The van der Waals surface area contributed by atoms with Gasteiger partial charge in [-0.15, -0.1) is 0 Å². The van der Waals surface area contributed by atoms with Crippen molar-refractivity contribution >= 4 is 11.6 Å². The van der Waals surface area contributed by atoms with Crippen LogP contribution >= 0.6 is 0 Å². The van der Waals surface area contributed by atoms with E-state index in [0.29, 0.717) is 6.42 Å². The minimum Gasteiger partial charge on any atom is -0.393 e. The number of hydrogen-bond donors (Lipinski definition) is 2. The van der Waals surface area contributed by atoms with Crippen LogP contribution in [-0.4, -0.2) is 41.7 Å². The van der Waals surface area contributed by atoms with E-state index in [1.54, 1.807) is 0 Å². The van der Waals surface area contributed by atoms with Crippen molar-refractivity contribution in [3.8, 4) is 0 Å². The number of nitrogens with one attached hydrogen (secondary N) is 1. The van der Waals surface area contributed by atoms with Crippen LogP contribution in [0, 0.1) is 13.8 Å². The van der Waals surface area contributed by atoms with Gasteiger partial charge in [0.25, 0.3) is 0 Å². The molecule has 0 aliphatic carbocycles. The average molecular weight is 290 g/mol. The zero-order chi connectivity index (χ0) is 15.2. The number of aliphatic hydroxyl groups excluding tert-OH is 1. The third-order valence-corrected chi connectivity index (χ3v) is 4.18. The van der Waals surface area contributed by atoms with Gasteiger partial charge in [-0.05, 0) is 50.8 Å². The average Bonchev–Trinajstić information content (AvgIpc) is 2.45. The number of nitrogens with zero attached hydrogens (tertiary/aromatic N) is 1. The molecule has 0 radical (unpaired) electrons. The largest absolute Gasteiger partial charge is 0.393 e. The van der Waals surface area contributed by atoms with E-state index in [1.807, 2.05) is 32.0 Å². The summed E-state index contributed by atoms with van der Waals surface area (Å²) in [6.45, 7) is 6.86. The van der Waals surface area contributed by atoms with E-state index in [9.17, 15) is 9.90 Å². The van der Waals surface area contributed by atoms with Crippen molar-refractivity contribution in [2.24, 2.45) is 0 Å². The Morgan fingerprint density at radius 1 is 1.29 bits per heavy atom. The standard InChI is InChI=1S/C17H26N2O2/c1-13-5-3-6-14(2)17(13)18-16(21)7-4-10-19-11-8-15(20)9-12-19/h3,5-6,15,20H,4,7-12H2,1-2H3,(H,18,21). The summed E-state index contributed by atoms with van der Waals surface area (Å²) in [5.74, 6) is 0.0874. The number of amides is 1. The maximum Gasteiger partial charge on any atom is 0.224 e. The van der Waals surface area contributed by atoms with Crippen molar-refractivity contribution in [3.63, 3.8) is 0 Å². The van der Waals surface area contributed by atoms with Crippen LogP contribution in [0.1, 0.15) is 36.8 Å². The van der Waals surface area contributed by atoms with Crippen molar-refractivity contribution in [2.75, 3.05) is 25.0 Å². The summed E-state index contributed by atoms with van der Waals surface area (Å²) in [6.07, 6.45) is 3.00. The third kappa shape index (κ3) is 4.83. The Balaban J connectivity index is 1.73. The second kappa shape index (κ2) is 7.57. The Labute approximate surface area is 127 Å². The van der Waals surface area contributed by atoms with Gasteiger partial charge in [0.15, 0.2) is 0 Å². The Morgan fingerprint density at radius 2 is 1.90 bits per heavy atom. The van der Waals surface area contributed by atoms with Crippen LogP contribution in [0.5, 0.6) is 0 Å². The lowest BCUT2D eigenvalue weighted by Gasteiger charge is -2.29. The molecular weight excluding hydrogens is 264 g/mol.